The van der Waals surface area contributed by atoms with Crippen LogP contribution in [0, 0.1) is 32.1 Å². The van der Waals surface area contributed by atoms with Crippen LogP contribution in [-0.4, -0.2) is 40.6 Å². The monoisotopic (exact) mass is 326 g/mol. The van der Waals surface area contributed by atoms with Crippen LogP contribution in [0.2, 0.25) is 0 Å². The highest BCUT2D eigenvalue weighted by Crippen LogP contribution is 2.48. The van der Waals surface area contributed by atoms with E-state index in [4.69, 9.17) is 0 Å². The Morgan fingerprint density at radius 2 is 2.08 bits per heavy atom. The molecule has 0 bridgehead atoms. The fourth-order valence-electron chi connectivity index (χ4n) is 5.00. The summed E-state index contributed by atoms with van der Waals surface area (Å²) in [4.78, 5) is 18.5. The van der Waals surface area contributed by atoms with E-state index in [0.717, 1.165) is 36.2 Å². The average Bonchev–Trinajstić information content (AvgIpc) is 3.21. The Hall–Kier alpha value is -1.81. The molecule has 1 saturated carbocycles. The molecule has 0 radical (unpaired) electrons. The zero-order chi connectivity index (χ0) is 17.1. The number of benzene rings is 1. The number of aliphatic hydroxyl groups is 1. The minimum atomic E-state index is -0.0542. The number of H-pyrrole nitrogens is 1. The number of aromatic nitrogens is 1. The molecule has 1 aliphatic carbocycles. The summed E-state index contributed by atoms with van der Waals surface area (Å²) in [5.74, 6) is 0.546. The van der Waals surface area contributed by atoms with Gasteiger partial charge in [0.2, 0.25) is 0 Å². The molecule has 4 heteroatoms. The van der Waals surface area contributed by atoms with Crippen LogP contribution in [-0.2, 0) is 0 Å². The van der Waals surface area contributed by atoms with Crippen LogP contribution in [0.1, 0.15) is 46.4 Å². The van der Waals surface area contributed by atoms with Crippen LogP contribution in [0.4, 0.5) is 0 Å². The number of aryl methyl sites for hydroxylation is 3. The summed E-state index contributed by atoms with van der Waals surface area (Å²) < 4.78 is 0. The molecular formula is C20H26N2O2. The highest BCUT2D eigenvalue weighted by molar-refractivity contribution is 6.02. The third kappa shape index (κ3) is 2.05. The summed E-state index contributed by atoms with van der Waals surface area (Å²) in [7, 11) is 0. The van der Waals surface area contributed by atoms with E-state index >= 15 is 0 Å². The van der Waals surface area contributed by atoms with Crippen molar-refractivity contribution in [2.24, 2.45) is 11.3 Å². The summed E-state index contributed by atoms with van der Waals surface area (Å²) in [6.07, 6.45) is 3.35. The van der Waals surface area contributed by atoms with E-state index in [2.05, 4.69) is 31.0 Å². The van der Waals surface area contributed by atoms with Gasteiger partial charge in [0.15, 0.2) is 0 Å². The van der Waals surface area contributed by atoms with Crippen molar-refractivity contribution in [3.8, 4) is 0 Å². The zero-order valence-corrected chi connectivity index (χ0v) is 14.8. The van der Waals surface area contributed by atoms with E-state index in [0.29, 0.717) is 12.5 Å². The van der Waals surface area contributed by atoms with Gasteiger partial charge in [0.25, 0.3) is 5.91 Å². The molecular weight excluding hydrogens is 300 g/mol. The van der Waals surface area contributed by atoms with Gasteiger partial charge >= 0.3 is 0 Å². The van der Waals surface area contributed by atoms with Gasteiger partial charge in [0.1, 0.15) is 5.69 Å². The third-order valence-electron chi connectivity index (χ3n) is 6.48. The van der Waals surface area contributed by atoms with Crippen LogP contribution in [0.25, 0.3) is 10.9 Å². The quantitative estimate of drug-likeness (QED) is 0.889. The number of rotatable bonds is 2. The van der Waals surface area contributed by atoms with E-state index in [1.54, 1.807) is 0 Å². The lowest BCUT2D eigenvalue weighted by molar-refractivity contribution is 0.0729. The van der Waals surface area contributed by atoms with Crippen LogP contribution in [0.3, 0.4) is 0 Å². The first kappa shape index (κ1) is 15.7. The number of carbonyl (C=O) groups is 1. The molecule has 0 spiro atoms. The second-order valence-corrected chi connectivity index (χ2v) is 7.87. The van der Waals surface area contributed by atoms with Crippen molar-refractivity contribution in [2.45, 2.75) is 40.0 Å². The maximum atomic E-state index is 13.2. The first-order valence-corrected chi connectivity index (χ1v) is 8.95. The molecule has 1 aromatic carbocycles. The lowest BCUT2D eigenvalue weighted by atomic mass is 9.82. The Bertz CT molecular complexity index is 823. The van der Waals surface area contributed by atoms with Gasteiger partial charge in [0.05, 0.1) is 6.61 Å². The Kier molecular flexibility index (Phi) is 3.50. The molecule has 4 nitrogen and oxygen atoms in total. The topological polar surface area (TPSA) is 56.3 Å². The Balaban J connectivity index is 1.71. The summed E-state index contributed by atoms with van der Waals surface area (Å²) in [6.45, 7) is 7.89. The lowest BCUT2D eigenvalue weighted by Crippen LogP contribution is -2.34. The Labute approximate surface area is 142 Å². The largest absolute Gasteiger partial charge is 0.396 e. The Morgan fingerprint density at radius 1 is 1.33 bits per heavy atom. The predicted octanol–water partition coefficient (Wildman–Crippen LogP) is 3.33. The van der Waals surface area contributed by atoms with E-state index in [1.165, 1.54) is 22.9 Å². The van der Waals surface area contributed by atoms with Crippen molar-refractivity contribution in [1.29, 1.82) is 0 Å². The van der Waals surface area contributed by atoms with Crippen LogP contribution in [0.15, 0.2) is 12.1 Å². The number of nitrogens with one attached hydrogen (secondary N) is 1. The smallest absolute Gasteiger partial charge is 0.270 e. The molecule has 2 fully saturated rings. The zero-order valence-electron chi connectivity index (χ0n) is 14.8. The SMILES string of the molecule is Cc1ccc(C)c2c(C)c(C(=O)N3C[C@H]4CCC[C@@]4(CO)C3)[nH]c12. The standard InChI is InChI=1S/C20H26N2O2/c1-12-6-7-13(2)17-16(12)14(3)18(21-17)19(24)22-9-15-5-4-8-20(15,10-22)11-23/h6-7,15,21,23H,4-5,8-11H2,1-3H3/t15-,20+/m1/s1. The lowest BCUT2D eigenvalue weighted by Gasteiger charge is -2.25. The number of aliphatic hydroxyl groups excluding tert-OH is 1. The van der Waals surface area contributed by atoms with E-state index < -0.39 is 0 Å². The van der Waals surface area contributed by atoms with Gasteiger partial charge in [-0.05, 0) is 56.2 Å². The maximum absolute atomic E-state index is 13.2. The van der Waals surface area contributed by atoms with Crippen molar-refractivity contribution < 1.29 is 9.90 Å². The molecule has 0 unspecified atom stereocenters. The van der Waals surface area contributed by atoms with Crippen LogP contribution < -0.4 is 0 Å². The van der Waals surface area contributed by atoms with Gasteiger partial charge in [-0.2, -0.15) is 0 Å². The average molecular weight is 326 g/mol. The minimum absolute atomic E-state index is 0.0542. The molecule has 1 aromatic heterocycles. The van der Waals surface area contributed by atoms with Gasteiger partial charge in [0, 0.05) is 29.4 Å². The molecule has 2 aliphatic rings. The second-order valence-electron chi connectivity index (χ2n) is 7.87. The number of hydrogen-bond acceptors (Lipinski definition) is 2. The molecule has 24 heavy (non-hydrogen) atoms. The van der Waals surface area contributed by atoms with Gasteiger partial charge in [-0.3, -0.25) is 4.79 Å². The summed E-state index contributed by atoms with van der Waals surface area (Å²) in [5, 5.41) is 11.1. The summed E-state index contributed by atoms with van der Waals surface area (Å²) in [6, 6.07) is 4.22. The van der Waals surface area contributed by atoms with Crippen molar-refractivity contribution >= 4 is 16.8 Å². The van der Waals surface area contributed by atoms with Crippen molar-refractivity contribution in [3.63, 3.8) is 0 Å². The molecule has 2 aromatic rings. The van der Waals surface area contributed by atoms with E-state index in [-0.39, 0.29) is 17.9 Å². The van der Waals surface area contributed by atoms with E-state index in [9.17, 15) is 9.90 Å². The maximum Gasteiger partial charge on any atom is 0.270 e. The molecule has 1 aliphatic heterocycles. The van der Waals surface area contributed by atoms with Gasteiger partial charge in [-0.25, -0.2) is 0 Å². The highest BCUT2D eigenvalue weighted by atomic mass is 16.3. The normalized spacial score (nSPS) is 26.3. The molecule has 2 N–H and O–H groups in total. The number of aromatic amines is 1. The first-order valence-electron chi connectivity index (χ1n) is 8.95. The van der Waals surface area contributed by atoms with Crippen molar-refractivity contribution in [3.05, 3.63) is 34.5 Å². The van der Waals surface area contributed by atoms with Crippen molar-refractivity contribution in [1.82, 2.24) is 9.88 Å². The predicted molar refractivity (Wildman–Crippen MR) is 95.3 cm³/mol. The number of likely N-dealkylation sites (tertiary alicyclic amines) is 1. The number of nitrogens with zero attached hydrogens (tertiary/aromatic N) is 1. The molecule has 2 atom stereocenters. The first-order chi connectivity index (χ1) is 11.5. The van der Waals surface area contributed by atoms with Crippen molar-refractivity contribution in [2.75, 3.05) is 19.7 Å². The number of carbonyl (C=O) groups excluding carboxylic acids is 1. The number of fused-ring (bicyclic) bond motifs is 2. The fraction of sp³-hybridized carbons (Fsp3) is 0.550. The minimum Gasteiger partial charge on any atom is -0.396 e. The Morgan fingerprint density at radius 3 is 2.75 bits per heavy atom. The van der Waals surface area contributed by atoms with Gasteiger partial charge in [-0.1, -0.05) is 18.6 Å². The van der Waals surface area contributed by atoms with Gasteiger partial charge in [-0.15, -0.1) is 0 Å². The highest BCUT2D eigenvalue weighted by Gasteiger charge is 2.50. The van der Waals surface area contributed by atoms with Crippen LogP contribution in [0.5, 0.6) is 0 Å². The number of hydrogen-bond donors (Lipinski definition) is 2. The summed E-state index contributed by atoms with van der Waals surface area (Å²) >= 11 is 0. The molecule has 1 amide bonds. The number of amides is 1. The molecule has 4 rings (SSSR count). The molecule has 2 heterocycles. The third-order valence-corrected chi connectivity index (χ3v) is 6.48. The molecule has 1 saturated heterocycles. The van der Waals surface area contributed by atoms with Gasteiger partial charge < -0.3 is 15.0 Å². The second kappa shape index (κ2) is 5.35. The fourth-order valence-corrected chi connectivity index (χ4v) is 5.00. The molecule has 128 valence electrons. The van der Waals surface area contributed by atoms with Crippen LogP contribution >= 0.6 is 0 Å². The summed E-state index contributed by atoms with van der Waals surface area (Å²) in [5.41, 5.74) is 5.16. The van der Waals surface area contributed by atoms with E-state index in [1.807, 2.05) is 11.8 Å².